The summed E-state index contributed by atoms with van der Waals surface area (Å²) < 4.78 is 0.757. The summed E-state index contributed by atoms with van der Waals surface area (Å²) in [5, 5.41) is 2.87. The normalized spacial score (nSPS) is 17.2. The molecule has 1 aromatic heterocycles. The maximum Gasteiger partial charge on any atom is 0.224 e. The fraction of sp³-hybridized carbons (Fsp3) is 0.444. The summed E-state index contributed by atoms with van der Waals surface area (Å²) in [5.41, 5.74) is 0.916. The maximum absolute atomic E-state index is 11.3. The quantitative estimate of drug-likeness (QED) is 0.708. The van der Waals surface area contributed by atoms with Gasteiger partial charge in [-0.2, -0.15) is 0 Å². The van der Waals surface area contributed by atoms with Crippen LogP contribution < -0.4 is 5.32 Å². The number of hydrogen-bond acceptors (Lipinski definition) is 2. The molecular formula is C9H10ClNOS. The van der Waals surface area contributed by atoms with Gasteiger partial charge in [-0.3, -0.25) is 4.79 Å². The summed E-state index contributed by atoms with van der Waals surface area (Å²) in [6.07, 6.45) is 3.72. The van der Waals surface area contributed by atoms with Crippen LogP contribution in [0.3, 0.4) is 0 Å². The highest BCUT2D eigenvalue weighted by molar-refractivity contribution is 7.16. The Kier molecular flexibility index (Phi) is 2.56. The van der Waals surface area contributed by atoms with E-state index in [9.17, 15) is 4.79 Å². The monoisotopic (exact) mass is 215 g/mol. The van der Waals surface area contributed by atoms with Crippen molar-refractivity contribution >= 4 is 34.5 Å². The van der Waals surface area contributed by atoms with Crippen molar-refractivity contribution < 1.29 is 4.79 Å². The smallest absolute Gasteiger partial charge is 0.224 e. The Morgan fingerprint density at radius 3 is 3.00 bits per heavy atom. The first kappa shape index (κ1) is 9.03. The molecule has 0 unspecified atom stereocenters. The maximum atomic E-state index is 11.3. The number of amides is 1. The lowest BCUT2D eigenvalue weighted by molar-refractivity contribution is -0.116. The van der Waals surface area contributed by atoms with Crippen LogP contribution in [-0.4, -0.2) is 5.91 Å². The van der Waals surface area contributed by atoms with E-state index in [0.29, 0.717) is 6.42 Å². The molecule has 4 heteroatoms. The minimum atomic E-state index is 0.107. The molecule has 0 atom stereocenters. The summed E-state index contributed by atoms with van der Waals surface area (Å²) in [4.78, 5) is 12.5. The lowest BCUT2D eigenvalue weighted by Gasteiger charge is -2.09. The first-order valence-corrected chi connectivity index (χ1v) is 5.53. The van der Waals surface area contributed by atoms with Gasteiger partial charge in [0, 0.05) is 11.3 Å². The van der Waals surface area contributed by atoms with Gasteiger partial charge in [-0.1, -0.05) is 11.6 Å². The Labute approximate surface area is 85.9 Å². The molecule has 1 amide bonds. The first-order valence-electron chi connectivity index (χ1n) is 4.34. The molecular weight excluding hydrogens is 206 g/mol. The summed E-state index contributed by atoms with van der Waals surface area (Å²) >= 11 is 7.44. The van der Waals surface area contributed by atoms with Crippen LogP contribution in [-0.2, 0) is 11.2 Å². The number of rotatable bonds is 0. The van der Waals surface area contributed by atoms with Gasteiger partial charge in [-0.05, 0) is 25.3 Å². The molecule has 0 fully saturated rings. The van der Waals surface area contributed by atoms with Crippen molar-refractivity contribution in [1.82, 2.24) is 0 Å². The second-order valence-electron chi connectivity index (χ2n) is 3.14. The van der Waals surface area contributed by atoms with Gasteiger partial charge in [-0.25, -0.2) is 0 Å². The van der Waals surface area contributed by atoms with Gasteiger partial charge < -0.3 is 5.32 Å². The Bertz CT molecular complexity index is 334. The van der Waals surface area contributed by atoms with Crippen LogP contribution in [0, 0.1) is 0 Å². The zero-order valence-electron chi connectivity index (χ0n) is 7.10. The van der Waals surface area contributed by atoms with Gasteiger partial charge >= 0.3 is 0 Å². The van der Waals surface area contributed by atoms with Gasteiger partial charge in [0.25, 0.3) is 0 Å². The number of hydrogen-bond donors (Lipinski definition) is 1. The van der Waals surface area contributed by atoms with Crippen LogP contribution in [0.25, 0.3) is 0 Å². The number of anilines is 1. The number of halogens is 1. The molecule has 0 radical (unpaired) electrons. The zero-order valence-corrected chi connectivity index (χ0v) is 8.67. The second kappa shape index (κ2) is 3.68. The third-order valence-electron chi connectivity index (χ3n) is 2.11. The Hall–Kier alpha value is -0.540. The number of thiophene rings is 1. The van der Waals surface area contributed by atoms with Gasteiger partial charge in [0.15, 0.2) is 0 Å². The number of fused-ring (bicyclic) bond motifs is 1. The number of carbonyl (C=O) groups is 1. The van der Waals surface area contributed by atoms with Gasteiger partial charge in [0.2, 0.25) is 5.91 Å². The summed E-state index contributed by atoms with van der Waals surface area (Å²) in [6.45, 7) is 0. The van der Waals surface area contributed by atoms with Crippen molar-refractivity contribution in [1.29, 1.82) is 0 Å². The Morgan fingerprint density at radius 1 is 1.38 bits per heavy atom. The van der Waals surface area contributed by atoms with Gasteiger partial charge in [-0.15, -0.1) is 11.3 Å². The minimum absolute atomic E-state index is 0.107. The molecule has 0 aromatic carbocycles. The fourth-order valence-electron chi connectivity index (χ4n) is 1.47. The van der Waals surface area contributed by atoms with Crippen molar-refractivity contribution in [2.75, 3.05) is 5.32 Å². The number of aryl methyl sites for hydroxylation is 1. The van der Waals surface area contributed by atoms with E-state index in [1.807, 2.05) is 6.07 Å². The number of nitrogens with one attached hydrogen (secondary N) is 1. The topological polar surface area (TPSA) is 29.1 Å². The Morgan fingerprint density at radius 2 is 2.15 bits per heavy atom. The molecule has 2 nitrogen and oxygen atoms in total. The molecule has 0 spiro atoms. The van der Waals surface area contributed by atoms with Gasteiger partial charge in [0.1, 0.15) is 0 Å². The van der Waals surface area contributed by atoms with Crippen molar-refractivity contribution in [3.63, 3.8) is 0 Å². The van der Waals surface area contributed by atoms with Crippen LogP contribution in [0.5, 0.6) is 0 Å². The van der Waals surface area contributed by atoms with Crippen LogP contribution in [0.15, 0.2) is 6.07 Å². The average Bonchev–Trinajstić information content (AvgIpc) is 2.36. The molecule has 0 bridgehead atoms. The van der Waals surface area contributed by atoms with E-state index in [1.54, 1.807) is 11.3 Å². The van der Waals surface area contributed by atoms with E-state index in [-0.39, 0.29) is 5.91 Å². The lowest BCUT2D eigenvalue weighted by atomic mass is 10.1. The van der Waals surface area contributed by atoms with Crippen LogP contribution in [0.2, 0.25) is 4.34 Å². The highest BCUT2D eigenvalue weighted by atomic mass is 35.5. The molecule has 13 heavy (non-hydrogen) atoms. The Balaban J connectivity index is 2.30. The number of carbonyl (C=O) groups excluding carboxylic acids is 1. The van der Waals surface area contributed by atoms with Crippen molar-refractivity contribution in [2.24, 2.45) is 0 Å². The van der Waals surface area contributed by atoms with E-state index in [0.717, 1.165) is 29.3 Å². The molecule has 1 N–H and O–H groups in total. The summed E-state index contributed by atoms with van der Waals surface area (Å²) in [7, 11) is 0. The molecule has 0 aliphatic carbocycles. The molecule has 0 saturated heterocycles. The van der Waals surface area contributed by atoms with E-state index >= 15 is 0 Å². The molecule has 70 valence electrons. The van der Waals surface area contributed by atoms with E-state index in [1.165, 1.54) is 4.88 Å². The van der Waals surface area contributed by atoms with Crippen LogP contribution in [0.4, 0.5) is 5.69 Å². The predicted molar refractivity (Wildman–Crippen MR) is 55.5 cm³/mol. The van der Waals surface area contributed by atoms with E-state index in [4.69, 9.17) is 11.6 Å². The highest BCUT2D eigenvalue weighted by Crippen LogP contribution is 2.33. The van der Waals surface area contributed by atoms with Crippen molar-refractivity contribution in [3.05, 3.63) is 15.3 Å². The van der Waals surface area contributed by atoms with E-state index < -0.39 is 0 Å². The third-order valence-corrected chi connectivity index (χ3v) is 3.43. The average molecular weight is 216 g/mol. The predicted octanol–water partition coefficient (Wildman–Crippen LogP) is 3.07. The van der Waals surface area contributed by atoms with Gasteiger partial charge in [0.05, 0.1) is 10.0 Å². The summed E-state index contributed by atoms with van der Waals surface area (Å²) in [5.74, 6) is 0.107. The standard InChI is InChI=1S/C9H10ClNOS/c10-8-5-6-7(13-8)3-1-2-4-9(12)11-6/h5H,1-4H2,(H,11,12). The van der Waals surface area contributed by atoms with Crippen molar-refractivity contribution in [3.8, 4) is 0 Å². The molecule has 1 aromatic rings. The lowest BCUT2D eigenvalue weighted by Crippen LogP contribution is -2.13. The van der Waals surface area contributed by atoms with Crippen LogP contribution in [0.1, 0.15) is 24.1 Å². The molecule has 2 rings (SSSR count). The van der Waals surface area contributed by atoms with Crippen molar-refractivity contribution in [2.45, 2.75) is 25.7 Å². The first-order chi connectivity index (χ1) is 6.25. The summed E-state index contributed by atoms with van der Waals surface area (Å²) in [6, 6.07) is 1.84. The largest absolute Gasteiger partial charge is 0.325 e. The fourth-order valence-corrected chi connectivity index (χ4v) is 2.74. The van der Waals surface area contributed by atoms with Crippen LogP contribution >= 0.6 is 22.9 Å². The third kappa shape index (κ3) is 2.03. The highest BCUT2D eigenvalue weighted by Gasteiger charge is 2.13. The molecule has 1 aliphatic heterocycles. The SMILES string of the molecule is O=C1CCCCc2sc(Cl)cc2N1. The second-order valence-corrected chi connectivity index (χ2v) is 4.91. The molecule has 0 saturated carbocycles. The molecule has 1 aliphatic rings. The minimum Gasteiger partial charge on any atom is -0.325 e. The van der Waals surface area contributed by atoms with E-state index in [2.05, 4.69) is 5.32 Å². The zero-order chi connectivity index (χ0) is 9.26. The molecule has 2 heterocycles.